The van der Waals surface area contributed by atoms with Gasteiger partial charge in [0.05, 0.1) is 5.02 Å². The van der Waals surface area contributed by atoms with E-state index in [1.165, 1.54) is 23.7 Å². The summed E-state index contributed by atoms with van der Waals surface area (Å²) >= 11 is 7.20. The Morgan fingerprint density at radius 2 is 2.45 bits per heavy atom. The normalized spacial score (nSPS) is 17.4. The highest BCUT2D eigenvalue weighted by atomic mass is 35.5. The zero-order valence-corrected chi connectivity index (χ0v) is 13.4. The molecule has 22 heavy (non-hydrogen) atoms. The number of benzene rings is 1. The number of hydrogen-bond donors (Lipinski definition) is 0. The van der Waals surface area contributed by atoms with Gasteiger partial charge < -0.3 is 9.30 Å². The van der Waals surface area contributed by atoms with E-state index in [-0.39, 0.29) is 17.3 Å². The van der Waals surface area contributed by atoms with Crippen molar-refractivity contribution in [3.05, 3.63) is 33.6 Å². The molecule has 1 aliphatic heterocycles. The predicted octanol–water partition coefficient (Wildman–Crippen LogP) is 3.17. The first-order valence-corrected chi connectivity index (χ1v) is 7.89. The number of nitrogens with zero attached hydrogens (tertiary/aromatic N) is 3. The molecule has 0 aliphatic carbocycles. The minimum Gasteiger partial charge on any atom is -0.479 e. The topological polar surface area (TPSA) is 39.4 Å². The summed E-state index contributed by atoms with van der Waals surface area (Å²) in [7, 11) is 0. The first-order chi connectivity index (χ1) is 10.6. The van der Waals surface area contributed by atoms with Gasteiger partial charge in [0.25, 0.3) is 0 Å². The van der Waals surface area contributed by atoms with Crippen molar-refractivity contribution in [3.63, 3.8) is 0 Å². The zero-order chi connectivity index (χ0) is 15.7. The molecule has 1 aromatic carbocycles. The van der Waals surface area contributed by atoms with Gasteiger partial charge in [-0.3, -0.25) is 0 Å². The van der Waals surface area contributed by atoms with Gasteiger partial charge in [-0.1, -0.05) is 24.4 Å². The summed E-state index contributed by atoms with van der Waals surface area (Å²) in [6.07, 6.45) is 6.08. The molecule has 4 nitrogen and oxygen atoms in total. The average Bonchev–Trinajstić information content (AvgIpc) is 3.01. The van der Waals surface area contributed by atoms with E-state index in [9.17, 15) is 4.39 Å². The Bertz CT molecular complexity index is 821. The van der Waals surface area contributed by atoms with Crippen molar-refractivity contribution >= 4 is 28.8 Å². The highest BCUT2D eigenvalue weighted by molar-refractivity contribution is 7.02. The molecule has 2 heterocycles. The van der Waals surface area contributed by atoms with E-state index in [4.69, 9.17) is 22.8 Å². The second-order valence-corrected chi connectivity index (χ2v) is 6.28. The van der Waals surface area contributed by atoms with Crippen molar-refractivity contribution in [2.75, 3.05) is 6.61 Å². The SMILES string of the molecule is C#CCOc1cc(N=c2snc3n2CC(C)C3)c(F)cc1Cl. The number of hydrogen-bond acceptors (Lipinski definition) is 4. The van der Waals surface area contributed by atoms with Crippen molar-refractivity contribution in [2.24, 2.45) is 10.9 Å². The predicted molar refractivity (Wildman–Crippen MR) is 83.9 cm³/mol. The van der Waals surface area contributed by atoms with Gasteiger partial charge in [0.2, 0.25) is 4.80 Å². The molecule has 0 bridgehead atoms. The van der Waals surface area contributed by atoms with Crippen molar-refractivity contribution < 1.29 is 9.13 Å². The molecule has 114 valence electrons. The molecule has 1 atom stereocenters. The molecule has 0 radical (unpaired) electrons. The number of ether oxygens (including phenoxy) is 1. The summed E-state index contributed by atoms with van der Waals surface area (Å²) in [5.41, 5.74) is 0.162. The van der Waals surface area contributed by atoms with Gasteiger partial charge in [0.1, 0.15) is 23.9 Å². The summed E-state index contributed by atoms with van der Waals surface area (Å²) in [6, 6.07) is 2.64. The highest BCUT2D eigenvalue weighted by Gasteiger charge is 2.20. The minimum absolute atomic E-state index is 0.0625. The van der Waals surface area contributed by atoms with Crippen LogP contribution in [0.3, 0.4) is 0 Å². The van der Waals surface area contributed by atoms with E-state index in [0.717, 1.165) is 18.8 Å². The molecule has 0 amide bonds. The lowest BCUT2D eigenvalue weighted by Crippen LogP contribution is -2.13. The molecule has 0 saturated carbocycles. The van der Waals surface area contributed by atoms with Gasteiger partial charge in [-0.05, 0) is 12.0 Å². The number of fused-ring (bicyclic) bond motifs is 1. The Morgan fingerprint density at radius 1 is 1.64 bits per heavy atom. The summed E-state index contributed by atoms with van der Waals surface area (Å²) < 4.78 is 25.8. The van der Waals surface area contributed by atoms with Gasteiger partial charge in [-0.25, -0.2) is 9.38 Å². The van der Waals surface area contributed by atoms with Crippen LogP contribution in [0.15, 0.2) is 17.1 Å². The van der Waals surface area contributed by atoms with Crippen LogP contribution in [-0.4, -0.2) is 15.5 Å². The molecular formula is C15H13ClFN3OS. The Hall–Kier alpha value is -1.84. The number of aromatic nitrogens is 2. The molecule has 0 spiro atoms. The molecule has 1 unspecified atom stereocenters. The highest BCUT2D eigenvalue weighted by Crippen LogP contribution is 2.32. The number of rotatable bonds is 3. The lowest BCUT2D eigenvalue weighted by atomic mass is 10.1. The van der Waals surface area contributed by atoms with E-state index in [1.54, 1.807) is 0 Å². The third-order valence-corrected chi connectivity index (χ3v) is 4.40. The molecule has 1 aliphatic rings. The van der Waals surface area contributed by atoms with Crippen molar-refractivity contribution in [1.29, 1.82) is 0 Å². The van der Waals surface area contributed by atoms with Crippen LogP contribution in [0.25, 0.3) is 0 Å². The summed E-state index contributed by atoms with van der Waals surface area (Å²) in [4.78, 5) is 5.04. The van der Waals surface area contributed by atoms with Crippen LogP contribution in [0.4, 0.5) is 10.1 Å². The Labute approximate surface area is 136 Å². The molecule has 2 aromatic rings. The summed E-state index contributed by atoms with van der Waals surface area (Å²) in [5.74, 6) is 3.67. The Kier molecular flexibility index (Phi) is 4.19. The van der Waals surface area contributed by atoms with Crippen LogP contribution in [0.2, 0.25) is 5.02 Å². The van der Waals surface area contributed by atoms with E-state index < -0.39 is 5.82 Å². The summed E-state index contributed by atoms with van der Waals surface area (Å²) in [6.45, 7) is 3.06. The standard InChI is InChI=1S/C15H13ClFN3OS/c1-3-4-21-13-7-12(11(17)6-10(13)16)18-15-20-8-9(2)5-14(20)19-22-15/h1,6-7,9H,4-5,8H2,2H3. The average molecular weight is 338 g/mol. The van der Waals surface area contributed by atoms with Gasteiger partial charge in [0, 0.05) is 30.6 Å². The first-order valence-electron chi connectivity index (χ1n) is 6.74. The zero-order valence-electron chi connectivity index (χ0n) is 11.8. The van der Waals surface area contributed by atoms with Crippen LogP contribution in [0.5, 0.6) is 5.75 Å². The van der Waals surface area contributed by atoms with Crippen LogP contribution in [0, 0.1) is 24.1 Å². The quantitative estimate of drug-likeness (QED) is 0.807. The third kappa shape index (κ3) is 2.87. The minimum atomic E-state index is -0.508. The second kappa shape index (κ2) is 6.11. The molecule has 0 N–H and O–H groups in total. The molecule has 3 rings (SSSR count). The van der Waals surface area contributed by atoms with Crippen LogP contribution in [0.1, 0.15) is 12.7 Å². The molecule has 1 aromatic heterocycles. The van der Waals surface area contributed by atoms with E-state index in [2.05, 4.69) is 22.2 Å². The van der Waals surface area contributed by atoms with Crippen molar-refractivity contribution in [3.8, 4) is 18.1 Å². The fourth-order valence-electron chi connectivity index (χ4n) is 2.34. The van der Waals surface area contributed by atoms with Gasteiger partial charge >= 0.3 is 0 Å². The molecule has 7 heteroatoms. The molecule has 0 saturated heterocycles. The Balaban J connectivity index is 2.02. The maximum atomic E-state index is 14.1. The van der Waals surface area contributed by atoms with E-state index in [0.29, 0.717) is 16.5 Å². The van der Waals surface area contributed by atoms with Gasteiger partial charge in [0.15, 0.2) is 5.82 Å². The van der Waals surface area contributed by atoms with Gasteiger partial charge in [-0.15, -0.1) is 6.42 Å². The monoisotopic (exact) mass is 337 g/mol. The first kappa shape index (κ1) is 15.1. The fraction of sp³-hybridized carbons (Fsp3) is 0.333. The largest absolute Gasteiger partial charge is 0.479 e. The number of terminal acetylenes is 1. The van der Waals surface area contributed by atoms with E-state index >= 15 is 0 Å². The Morgan fingerprint density at radius 3 is 3.23 bits per heavy atom. The maximum Gasteiger partial charge on any atom is 0.209 e. The lowest BCUT2D eigenvalue weighted by Gasteiger charge is -2.06. The lowest BCUT2D eigenvalue weighted by molar-refractivity contribution is 0.370. The van der Waals surface area contributed by atoms with Crippen LogP contribution >= 0.6 is 23.1 Å². The van der Waals surface area contributed by atoms with Gasteiger partial charge in [-0.2, -0.15) is 4.37 Å². The van der Waals surface area contributed by atoms with E-state index in [1.807, 2.05) is 4.57 Å². The number of halogens is 2. The third-order valence-electron chi connectivity index (χ3n) is 3.33. The maximum absolute atomic E-state index is 14.1. The van der Waals surface area contributed by atoms with Crippen molar-refractivity contribution in [2.45, 2.75) is 19.9 Å². The van der Waals surface area contributed by atoms with Crippen LogP contribution in [-0.2, 0) is 13.0 Å². The smallest absolute Gasteiger partial charge is 0.209 e. The molecular weight excluding hydrogens is 325 g/mol. The molecule has 0 fully saturated rings. The fourth-order valence-corrected chi connectivity index (χ4v) is 3.32. The van der Waals surface area contributed by atoms with Crippen molar-refractivity contribution in [1.82, 2.24) is 8.94 Å². The second-order valence-electron chi connectivity index (χ2n) is 5.14. The summed E-state index contributed by atoms with van der Waals surface area (Å²) in [5, 5.41) is 0.169. The van der Waals surface area contributed by atoms with Crippen LogP contribution < -0.4 is 9.54 Å².